The van der Waals surface area contributed by atoms with E-state index in [1.165, 1.54) is 0 Å². The molecule has 1 atom stereocenters. The Kier molecular flexibility index (Phi) is 2.58. The number of aryl methyl sites for hydroxylation is 1. The number of ether oxygens (including phenoxy) is 1. The van der Waals surface area contributed by atoms with Crippen LogP contribution in [0.15, 0.2) is 0 Å². The molecule has 0 radical (unpaired) electrons. The van der Waals surface area contributed by atoms with Gasteiger partial charge in [0, 0.05) is 13.0 Å². The minimum Gasteiger partial charge on any atom is -0.378 e. The fourth-order valence-corrected chi connectivity index (χ4v) is 2.68. The van der Waals surface area contributed by atoms with Crippen LogP contribution >= 0.6 is 11.3 Å². The molecule has 1 aliphatic rings. The largest absolute Gasteiger partial charge is 0.378 e. The molecule has 0 bridgehead atoms. The van der Waals surface area contributed by atoms with Crippen LogP contribution in [-0.2, 0) is 11.2 Å². The highest BCUT2D eigenvalue weighted by Crippen LogP contribution is 2.22. The molecule has 0 saturated carbocycles. The molecule has 2 aromatic heterocycles. The van der Waals surface area contributed by atoms with Crippen LogP contribution in [0, 0.1) is 0 Å². The molecule has 1 aliphatic heterocycles. The van der Waals surface area contributed by atoms with Crippen molar-refractivity contribution in [3.05, 3.63) is 10.8 Å². The lowest BCUT2D eigenvalue weighted by Gasteiger charge is -2.21. The van der Waals surface area contributed by atoms with E-state index in [2.05, 4.69) is 27.5 Å². The van der Waals surface area contributed by atoms with Crippen LogP contribution in [0.3, 0.4) is 0 Å². The second-order valence-corrected chi connectivity index (χ2v) is 4.67. The van der Waals surface area contributed by atoms with Gasteiger partial charge in [-0.2, -0.15) is 9.61 Å². The molecule has 0 aliphatic carbocycles. The standard InChI is InChI=1S/C9H13N5OS/c1-2-7-11-12-9-14(7)13-8(16-9)6-5-15-4-3-10-6/h6,10H,2-5H2,1H3. The molecule has 3 heterocycles. The van der Waals surface area contributed by atoms with Crippen molar-refractivity contribution in [2.45, 2.75) is 19.4 Å². The summed E-state index contributed by atoms with van der Waals surface area (Å²) in [7, 11) is 0. The van der Waals surface area contributed by atoms with Crippen molar-refractivity contribution in [3.63, 3.8) is 0 Å². The van der Waals surface area contributed by atoms with E-state index in [1.807, 2.05) is 4.52 Å². The first-order valence-electron chi connectivity index (χ1n) is 5.40. The molecular formula is C9H13N5OS. The zero-order chi connectivity index (χ0) is 11.0. The zero-order valence-corrected chi connectivity index (χ0v) is 9.83. The number of hydrogen-bond acceptors (Lipinski definition) is 6. The second kappa shape index (κ2) is 4.08. The van der Waals surface area contributed by atoms with E-state index in [0.29, 0.717) is 6.61 Å². The SMILES string of the molecule is CCc1nnc2sc(C3COCCN3)nn12. The van der Waals surface area contributed by atoms with Crippen molar-refractivity contribution < 1.29 is 4.74 Å². The van der Waals surface area contributed by atoms with Crippen LogP contribution < -0.4 is 5.32 Å². The predicted molar refractivity (Wildman–Crippen MR) is 59.6 cm³/mol. The van der Waals surface area contributed by atoms with Crippen LogP contribution in [0.4, 0.5) is 0 Å². The quantitative estimate of drug-likeness (QED) is 0.822. The Morgan fingerprint density at radius 1 is 1.56 bits per heavy atom. The van der Waals surface area contributed by atoms with Crippen molar-refractivity contribution >= 4 is 16.3 Å². The third kappa shape index (κ3) is 1.60. The number of morpholine rings is 1. The van der Waals surface area contributed by atoms with Gasteiger partial charge in [0.1, 0.15) is 5.01 Å². The topological polar surface area (TPSA) is 64.3 Å². The van der Waals surface area contributed by atoms with E-state index < -0.39 is 0 Å². The number of hydrogen-bond donors (Lipinski definition) is 1. The Hall–Kier alpha value is -1.05. The normalized spacial score (nSPS) is 21.7. The minimum atomic E-state index is 0.199. The fourth-order valence-electron chi connectivity index (χ4n) is 1.76. The maximum Gasteiger partial charge on any atom is 0.234 e. The summed E-state index contributed by atoms with van der Waals surface area (Å²) in [5.74, 6) is 0.911. The number of rotatable bonds is 2. The summed E-state index contributed by atoms with van der Waals surface area (Å²) >= 11 is 1.58. The Labute approximate surface area is 96.6 Å². The highest BCUT2D eigenvalue weighted by molar-refractivity contribution is 7.16. The Bertz CT molecular complexity index is 487. The summed E-state index contributed by atoms with van der Waals surface area (Å²) in [5, 5.41) is 17.1. The van der Waals surface area contributed by atoms with E-state index in [0.717, 1.165) is 35.4 Å². The van der Waals surface area contributed by atoms with Gasteiger partial charge in [-0.1, -0.05) is 18.3 Å². The van der Waals surface area contributed by atoms with Gasteiger partial charge >= 0.3 is 0 Å². The first kappa shape index (κ1) is 10.1. The maximum atomic E-state index is 5.42. The molecule has 0 spiro atoms. The summed E-state index contributed by atoms with van der Waals surface area (Å²) in [4.78, 5) is 0.860. The van der Waals surface area contributed by atoms with Gasteiger partial charge < -0.3 is 10.1 Å². The average molecular weight is 239 g/mol. The van der Waals surface area contributed by atoms with Gasteiger partial charge in [0.15, 0.2) is 5.82 Å². The second-order valence-electron chi connectivity index (χ2n) is 3.69. The molecule has 6 nitrogen and oxygen atoms in total. The van der Waals surface area contributed by atoms with Gasteiger partial charge in [-0.25, -0.2) is 0 Å². The molecule has 0 amide bonds. The maximum absolute atomic E-state index is 5.42. The molecular weight excluding hydrogens is 226 g/mol. The lowest BCUT2D eigenvalue weighted by atomic mass is 10.3. The Morgan fingerprint density at radius 3 is 3.25 bits per heavy atom. The molecule has 1 N–H and O–H groups in total. The summed E-state index contributed by atoms with van der Waals surface area (Å²) in [6.07, 6.45) is 0.846. The van der Waals surface area contributed by atoms with Crippen LogP contribution in [0.5, 0.6) is 0 Å². The molecule has 1 saturated heterocycles. The predicted octanol–water partition coefficient (Wildman–Crippen LogP) is 0.409. The lowest BCUT2D eigenvalue weighted by molar-refractivity contribution is 0.0765. The molecule has 16 heavy (non-hydrogen) atoms. The van der Waals surface area contributed by atoms with E-state index in [-0.39, 0.29) is 6.04 Å². The molecule has 1 unspecified atom stereocenters. The first-order chi connectivity index (χ1) is 7.88. The van der Waals surface area contributed by atoms with Crippen molar-refractivity contribution in [2.75, 3.05) is 19.8 Å². The van der Waals surface area contributed by atoms with Gasteiger partial charge in [0.05, 0.1) is 19.3 Å². The summed E-state index contributed by atoms with van der Waals surface area (Å²) in [6, 6.07) is 0.199. The Balaban J connectivity index is 1.94. The summed E-state index contributed by atoms with van der Waals surface area (Å²) in [5.41, 5.74) is 0. The van der Waals surface area contributed by atoms with Crippen molar-refractivity contribution in [2.24, 2.45) is 0 Å². The highest BCUT2D eigenvalue weighted by atomic mass is 32.1. The summed E-state index contributed by atoms with van der Waals surface area (Å²) < 4.78 is 7.25. The molecule has 0 aromatic carbocycles. The van der Waals surface area contributed by atoms with Gasteiger partial charge in [0.2, 0.25) is 4.96 Å². The molecule has 3 rings (SSSR count). The third-order valence-corrected chi connectivity index (χ3v) is 3.62. The smallest absolute Gasteiger partial charge is 0.234 e. The van der Waals surface area contributed by atoms with E-state index >= 15 is 0 Å². The molecule has 86 valence electrons. The van der Waals surface area contributed by atoms with Gasteiger partial charge in [0.25, 0.3) is 0 Å². The van der Waals surface area contributed by atoms with E-state index in [9.17, 15) is 0 Å². The zero-order valence-electron chi connectivity index (χ0n) is 9.01. The van der Waals surface area contributed by atoms with Crippen LogP contribution in [-0.4, -0.2) is 39.6 Å². The molecule has 2 aromatic rings. The van der Waals surface area contributed by atoms with Crippen LogP contribution in [0.25, 0.3) is 4.96 Å². The van der Waals surface area contributed by atoms with Crippen LogP contribution in [0.1, 0.15) is 23.8 Å². The van der Waals surface area contributed by atoms with Crippen LogP contribution in [0.2, 0.25) is 0 Å². The number of nitrogens with one attached hydrogen (secondary N) is 1. The number of aromatic nitrogens is 4. The number of nitrogens with zero attached hydrogens (tertiary/aromatic N) is 4. The summed E-state index contributed by atoms with van der Waals surface area (Å²) in [6.45, 7) is 4.40. The highest BCUT2D eigenvalue weighted by Gasteiger charge is 2.21. The Morgan fingerprint density at radius 2 is 2.50 bits per heavy atom. The van der Waals surface area contributed by atoms with E-state index in [4.69, 9.17) is 4.74 Å². The average Bonchev–Trinajstić information content (AvgIpc) is 2.89. The van der Waals surface area contributed by atoms with Gasteiger partial charge in [-0.05, 0) is 0 Å². The van der Waals surface area contributed by atoms with Crippen molar-refractivity contribution in [1.82, 2.24) is 25.1 Å². The molecule has 7 heteroatoms. The van der Waals surface area contributed by atoms with Crippen molar-refractivity contribution in [3.8, 4) is 0 Å². The minimum absolute atomic E-state index is 0.199. The third-order valence-electron chi connectivity index (χ3n) is 2.61. The van der Waals surface area contributed by atoms with E-state index in [1.54, 1.807) is 11.3 Å². The van der Waals surface area contributed by atoms with Gasteiger partial charge in [-0.15, -0.1) is 10.2 Å². The number of fused-ring (bicyclic) bond motifs is 1. The van der Waals surface area contributed by atoms with Crippen molar-refractivity contribution in [1.29, 1.82) is 0 Å². The first-order valence-corrected chi connectivity index (χ1v) is 6.22. The van der Waals surface area contributed by atoms with Gasteiger partial charge in [-0.3, -0.25) is 0 Å². The fraction of sp³-hybridized carbons (Fsp3) is 0.667. The lowest BCUT2D eigenvalue weighted by Crippen LogP contribution is -2.34. The molecule has 1 fully saturated rings. The monoisotopic (exact) mass is 239 g/mol.